The number of rotatable bonds is 6. The summed E-state index contributed by atoms with van der Waals surface area (Å²) in [5, 5.41) is 14.3. The number of sulfone groups is 1. The van der Waals surface area contributed by atoms with Gasteiger partial charge in [-0.25, -0.2) is 8.42 Å². The van der Waals surface area contributed by atoms with Gasteiger partial charge in [0.2, 0.25) is 5.89 Å². The first-order chi connectivity index (χ1) is 10.2. The molecule has 6 nitrogen and oxygen atoms in total. The van der Waals surface area contributed by atoms with Crippen LogP contribution in [0.1, 0.15) is 58.2 Å². The Balaban J connectivity index is 1.97. The molecule has 1 N–H and O–H groups in total. The highest BCUT2D eigenvalue weighted by atomic mass is 32.2. The summed E-state index contributed by atoms with van der Waals surface area (Å²) in [6.07, 6.45) is 3.47. The minimum absolute atomic E-state index is 0.114. The topological polar surface area (TPSA) is 93.3 Å². The summed E-state index contributed by atoms with van der Waals surface area (Å²) >= 11 is 0. The highest BCUT2D eigenvalue weighted by molar-refractivity contribution is 7.90. The first-order valence-electron chi connectivity index (χ1n) is 7.92. The molecule has 0 saturated heterocycles. The Morgan fingerprint density at radius 3 is 2.59 bits per heavy atom. The third kappa shape index (κ3) is 5.05. The lowest BCUT2D eigenvalue weighted by Crippen LogP contribution is -2.40. The zero-order valence-corrected chi connectivity index (χ0v) is 14.4. The smallest absolute Gasteiger partial charge is 0.241 e. The molecule has 2 rings (SSSR count). The number of aliphatic hydroxyl groups is 1. The van der Waals surface area contributed by atoms with E-state index in [-0.39, 0.29) is 17.4 Å². The van der Waals surface area contributed by atoms with Crippen LogP contribution >= 0.6 is 0 Å². The van der Waals surface area contributed by atoms with Crippen LogP contribution in [0.3, 0.4) is 0 Å². The van der Waals surface area contributed by atoms with E-state index < -0.39 is 15.4 Å². The standard InChI is InChI=1S/C15H26N2O4S/c1-11(2)8-13-16-14(21-17-13)9-22(19,20)10-15(18)6-4-12(3)5-7-15/h11-12,18H,4-10H2,1-3H3. The van der Waals surface area contributed by atoms with Crippen LogP contribution in [-0.2, 0) is 22.0 Å². The molecule has 0 aromatic carbocycles. The van der Waals surface area contributed by atoms with Crippen molar-refractivity contribution in [3.05, 3.63) is 11.7 Å². The minimum atomic E-state index is -3.47. The van der Waals surface area contributed by atoms with Crippen molar-refractivity contribution >= 4 is 9.84 Å². The molecule has 1 aliphatic carbocycles. The predicted molar refractivity (Wildman–Crippen MR) is 82.9 cm³/mol. The van der Waals surface area contributed by atoms with E-state index in [4.69, 9.17) is 4.52 Å². The highest BCUT2D eigenvalue weighted by Gasteiger charge is 2.37. The van der Waals surface area contributed by atoms with Crippen LogP contribution in [-0.4, -0.2) is 35.0 Å². The Hall–Kier alpha value is -0.950. The first kappa shape index (κ1) is 17.4. The molecule has 0 amide bonds. The summed E-state index contributed by atoms with van der Waals surface area (Å²) in [7, 11) is -3.47. The van der Waals surface area contributed by atoms with Crippen molar-refractivity contribution in [3.8, 4) is 0 Å². The van der Waals surface area contributed by atoms with Crippen molar-refractivity contribution in [2.45, 2.75) is 64.2 Å². The molecule has 1 fully saturated rings. The Morgan fingerprint density at radius 2 is 2.00 bits per heavy atom. The van der Waals surface area contributed by atoms with E-state index in [1.54, 1.807) is 0 Å². The second-order valence-corrected chi connectivity index (χ2v) is 9.21. The predicted octanol–water partition coefficient (Wildman–Crippen LogP) is 2.12. The Kier molecular flexibility index (Phi) is 5.27. The molecule has 1 saturated carbocycles. The zero-order chi connectivity index (χ0) is 16.4. The quantitative estimate of drug-likeness (QED) is 0.859. The van der Waals surface area contributed by atoms with E-state index >= 15 is 0 Å². The van der Waals surface area contributed by atoms with E-state index in [1.165, 1.54) is 0 Å². The Labute approximate surface area is 132 Å². The van der Waals surface area contributed by atoms with Crippen molar-refractivity contribution in [1.29, 1.82) is 0 Å². The summed E-state index contributed by atoms with van der Waals surface area (Å²) in [6, 6.07) is 0. The molecule has 0 unspecified atom stereocenters. The van der Waals surface area contributed by atoms with Crippen molar-refractivity contribution in [2.24, 2.45) is 11.8 Å². The fourth-order valence-electron chi connectivity index (χ4n) is 2.89. The van der Waals surface area contributed by atoms with Gasteiger partial charge in [-0.3, -0.25) is 0 Å². The van der Waals surface area contributed by atoms with Gasteiger partial charge in [-0.2, -0.15) is 4.98 Å². The van der Waals surface area contributed by atoms with Crippen molar-refractivity contribution in [1.82, 2.24) is 10.1 Å². The normalized spacial score (nSPS) is 26.5. The van der Waals surface area contributed by atoms with E-state index in [2.05, 4.69) is 17.1 Å². The fourth-order valence-corrected chi connectivity index (χ4v) is 4.59. The van der Waals surface area contributed by atoms with Gasteiger partial charge in [-0.05, 0) is 37.5 Å². The molecule has 0 bridgehead atoms. The third-order valence-electron chi connectivity index (χ3n) is 4.14. The molecule has 0 spiro atoms. The average Bonchev–Trinajstić information content (AvgIpc) is 2.78. The highest BCUT2D eigenvalue weighted by Crippen LogP contribution is 2.33. The lowest BCUT2D eigenvalue weighted by atomic mass is 9.81. The van der Waals surface area contributed by atoms with Crippen LogP contribution in [0, 0.1) is 11.8 Å². The molecule has 22 heavy (non-hydrogen) atoms. The van der Waals surface area contributed by atoms with Crippen LogP contribution in [0.2, 0.25) is 0 Å². The molecular formula is C15H26N2O4S. The van der Waals surface area contributed by atoms with E-state index in [9.17, 15) is 13.5 Å². The molecule has 0 atom stereocenters. The van der Waals surface area contributed by atoms with E-state index in [0.717, 1.165) is 12.8 Å². The number of hydrogen-bond acceptors (Lipinski definition) is 6. The van der Waals surface area contributed by atoms with Crippen molar-refractivity contribution < 1.29 is 18.0 Å². The van der Waals surface area contributed by atoms with Crippen LogP contribution < -0.4 is 0 Å². The largest absolute Gasteiger partial charge is 0.389 e. The Morgan fingerprint density at radius 1 is 1.36 bits per heavy atom. The molecule has 1 aliphatic rings. The Bertz CT molecular complexity index is 586. The maximum atomic E-state index is 12.3. The summed E-state index contributed by atoms with van der Waals surface area (Å²) < 4.78 is 29.6. The van der Waals surface area contributed by atoms with Gasteiger partial charge in [0.05, 0.1) is 11.4 Å². The van der Waals surface area contributed by atoms with Gasteiger partial charge < -0.3 is 9.63 Å². The summed E-state index contributed by atoms with van der Waals surface area (Å²) in [5.74, 6) is 1.06. The van der Waals surface area contributed by atoms with Crippen LogP contribution in [0.25, 0.3) is 0 Å². The summed E-state index contributed by atoms with van der Waals surface area (Å²) in [5.41, 5.74) is -1.11. The number of nitrogens with zero attached hydrogens (tertiary/aromatic N) is 2. The molecule has 126 valence electrons. The number of aromatic nitrogens is 2. The van der Waals surface area contributed by atoms with Gasteiger partial charge in [0.25, 0.3) is 0 Å². The maximum Gasteiger partial charge on any atom is 0.241 e. The van der Waals surface area contributed by atoms with Gasteiger partial charge in [0, 0.05) is 6.42 Å². The van der Waals surface area contributed by atoms with Gasteiger partial charge in [0.1, 0.15) is 5.75 Å². The second kappa shape index (κ2) is 6.66. The zero-order valence-electron chi connectivity index (χ0n) is 13.6. The van der Waals surface area contributed by atoms with Crippen molar-refractivity contribution in [2.75, 3.05) is 5.75 Å². The van der Waals surface area contributed by atoms with Gasteiger partial charge in [0.15, 0.2) is 15.7 Å². The summed E-state index contributed by atoms with van der Waals surface area (Å²) in [6.45, 7) is 6.20. The van der Waals surface area contributed by atoms with Gasteiger partial charge in [-0.15, -0.1) is 0 Å². The average molecular weight is 330 g/mol. The lowest BCUT2D eigenvalue weighted by molar-refractivity contribution is 0.0135. The second-order valence-electron chi connectivity index (χ2n) is 7.14. The molecule has 0 aliphatic heterocycles. The summed E-state index contributed by atoms with van der Waals surface area (Å²) in [4.78, 5) is 4.12. The molecule has 1 heterocycles. The number of hydrogen-bond donors (Lipinski definition) is 1. The molecule has 7 heteroatoms. The van der Waals surface area contributed by atoms with Gasteiger partial charge >= 0.3 is 0 Å². The minimum Gasteiger partial charge on any atom is -0.389 e. The molecular weight excluding hydrogens is 304 g/mol. The van der Waals surface area contributed by atoms with E-state index in [0.29, 0.717) is 36.9 Å². The van der Waals surface area contributed by atoms with Gasteiger partial charge in [-0.1, -0.05) is 25.9 Å². The van der Waals surface area contributed by atoms with Crippen LogP contribution in [0.15, 0.2) is 4.52 Å². The van der Waals surface area contributed by atoms with Crippen molar-refractivity contribution in [3.63, 3.8) is 0 Å². The first-order valence-corrected chi connectivity index (χ1v) is 9.74. The molecule has 1 aromatic rings. The fraction of sp³-hybridized carbons (Fsp3) is 0.867. The SMILES string of the molecule is CC(C)Cc1noc(CS(=O)(=O)CC2(O)CCC(C)CC2)n1. The lowest BCUT2D eigenvalue weighted by Gasteiger charge is -2.34. The van der Waals surface area contributed by atoms with Crippen LogP contribution in [0.4, 0.5) is 0 Å². The van der Waals surface area contributed by atoms with Crippen LogP contribution in [0.5, 0.6) is 0 Å². The van der Waals surface area contributed by atoms with E-state index in [1.807, 2.05) is 13.8 Å². The monoisotopic (exact) mass is 330 g/mol. The molecule has 0 radical (unpaired) electrons. The molecule has 1 aromatic heterocycles. The third-order valence-corrected chi connectivity index (χ3v) is 5.80. The maximum absolute atomic E-state index is 12.3.